The van der Waals surface area contributed by atoms with Gasteiger partial charge in [-0.1, -0.05) is 13.0 Å². The monoisotopic (exact) mass is 489 g/mol. The molecule has 0 bridgehead atoms. The van der Waals surface area contributed by atoms with Crippen molar-refractivity contribution in [2.75, 3.05) is 26.2 Å². The van der Waals surface area contributed by atoms with E-state index >= 15 is 0 Å². The van der Waals surface area contributed by atoms with Gasteiger partial charge >= 0.3 is 0 Å². The zero-order chi connectivity index (χ0) is 25.4. The molecule has 36 heavy (non-hydrogen) atoms. The van der Waals surface area contributed by atoms with E-state index in [-0.39, 0.29) is 17.0 Å². The summed E-state index contributed by atoms with van der Waals surface area (Å²) in [7, 11) is 0. The number of aryl methyl sites for hydroxylation is 1. The summed E-state index contributed by atoms with van der Waals surface area (Å²) in [5, 5.41) is 13.6. The number of aromatic amines is 1. The molecule has 1 atom stereocenters. The second kappa shape index (κ2) is 9.34. The molecule has 4 heterocycles. The van der Waals surface area contributed by atoms with E-state index in [4.69, 9.17) is 4.42 Å². The van der Waals surface area contributed by atoms with Crippen molar-refractivity contribution in [2.45, 2.75) is 45.7 Å². The Balaban J connectivity index is 1.55. The molecule has 0 radical (unpaired) electrons. The van der Waals surface area contributed by atoms with Crippen molar-refractivity contribution in [3.05, 3.63) is 75.7 Å². The summed E-state index contributed by atoms with van der Waals surface area (Å²) in [6, 6.07) is 11.0. The van der Waals surface area contributed by atoms with Gasteiger partial charge in [0, 0.05) is 37.3 Å². The third kappa shape index (κ3) is 4.44. The maximum atomic E-state index is 13.4. The molecular formula is C26H31N7O3. The van der Waals surface area contributed by atoms with Crippen LogP contribution in [-0.4, -0.2) is 67.1 Å². The Kier molecular flexibility index (Phi) is 6.21. The number of H-pyrrole nitrogens is 1. The lowest BCUT2D eigenvalue weighted by Crippen LogP contribution is -2.51. The van der Waals surface area contributed by atoms with Crippen molar-refractivity contribution < 1.29 is 9.21 Å². The van der Waals surface area contributed by atoms with Gasteiger partial charge in [0.1, 0.15) is 6.04 Å². The Bertz CT molecular complexity index is 1420. The first-order chi connectivity index (χ1) is 17.3. The summed E-state index contributed by atoms with van der Waals surface area (Å²) < 4.78 is 7.08. The second-order valence-electron chi connectivity index (χ2n) is 10.2. The molecule has 0 saturated carbocycles. The van der Waals surface area contributed by atoms with Gasteiger partial charge in [0.15, 0.2) is 11.6 Å². The normalized spacial score (nSPS) is 15.9. The van der Waals surface area contributed by atoms with Crippen molar-refractivity contribution in [1.29, 1.82) is 0 Å². The smallest absolute Gasteiger partial charge is 0.289 e. The van der Waals surface area contributed by atoms with Crippen molar-refractivity contribution in [3.8, 4) is 0 Å². The topological polar surface area (TPSA) is 113 Å². The number of tetrazole rings is 1. The number of carbonyl (C=O) groups is 1. The number of nitrogens with zero attached hydrogens (tertiary/aromatic N) is 6. The maximum absolute atomic E-state index is 13.4. The number of rotatable bonds is 5. The molecule has 1 aromatic carbocycles. The number of benzene rings is 1. The third-order valence-electron chi connectivity index (χ3n) is 6.71. The van der Waals surface area contributed by atoms with Crippen molar-refractivity contribution >= 4 is 16.8 Å². The largest absolute Gasteiger partial charge is 0.459 e. The Hall–Kier alpha value is -3.79. The zero-order valence-corrected chi connectivity index (χ0v) is 21.1. The van der Waals surface area contributed by atoms with Crippen LogP contribution in [0.5, 0.6) is 0 Å². The van der Waals surface area contributed by atoms with Gasteiger partial charge in [-0.2, -0.15) is 0 Å². The number of hydrogen-bond acceptors (Lipinski definition) is 7. The number of nitrogens with one attached hydrogen (secondary N) is 1. The number of carbonyl (C=O) groups excluding carboxylic acids is 1. The molecule has 0 spiro atoms. The molecule has 188 valence electrons. The first-order valence-corrected chi connectivity index (χ1v) is 12.3. The van der Waals surface area contributed by atoms with Gasteiger partial charge in [0.05, 0.1) is 11.8 Å². The predicted molar refractivity (Wildman–Crippen MR) is 135 cm³/mol. The zero-order valence-electron chi connectivity index (χ0n) is 21.1. The average Bonchev–Trinajstić information content (AvgIpc) is 3.57. The van der Waals surface area contributed by atoms with Gasteiger partial charge in [-0.15, -0.1) is 5.10 Å². The Morgan fingerprint density at radius 2 is 1.92 bits per heavy atom. The van der Waals surface area contributed by atoms with Gasteiger partial charge < -0.3 is 14.3 Å². The van der Waals surface area contributed by atoms with Crippen LogP contribution in [0.15, 0.2) is 51.9 Å². The first kappa shape index (κ1) is 23.9. The fraction of sp³-hybridized carbons (Fsp3) is 0.423. The summed E-state index contributed by atoms with van der Waals surface area (Å²) in [4.78, 5) is 33.2. The number of amides is 1. The van der Waals surface area contributed by atoms with Crippen LogP contribution in [-0.2, 0) is 12.0 Å². The third-order valence-corrected chi connectivity index (χ3v) is 6.71. The maximum Gasteiger partial charge on any atom is 0.289 e. The lowest BCUT2D eigenvalue weighted by molar-refractivity contribution is 0.0555. The first-order valence-electron chi connectivity index (χ1n) is 12.3. The van der Waals surface area contributed by atoms with Gasteiger partial charge in [0.25, 0.3) is 11.5 Å². The van der Waals surface area contributed by atoms with E-state index in [9.17, 15) is 9.59 Å². The van der Waals surface area contributed by atoms with Gasteiger partial charge in [-0.25, -0.2) is 4.68 Å². The molecule has 0 aliphatic carbocycles. The number of piperazine rings is 1. The van der Waals surface area contributed by atoms with E-state index in [1.54, 1.807) is 21.7 Å². The van der Waals surface area contributed by atoms with Gasteiger partial charge in [-0.05, 0) is 78.9 Å². The standard InChI is InChI=1S/C26H31N7O3/c1-5-17-8-9-20-18(15-17)16-19(24(34)27-20)22(23-28-29-30-33(23)26(2,3)4)31-10-12-32(13-11-31)25(35)21-7-6-14-36-21/h6-9,14-16,22H,5,10-13H2,1-4H3,(H,27,34)/t22-/m1/s1. The molecule has 10 heteroatoms. The van der Waals surface area contributed by atoms with E-state index in [0.29, 0.717) is 43.3 Å². The Labute approximate surface area is 208 Å². The molecule has 1 saturated heterocycles. The summed E-state index contributed by atoms with van der Waals surface area (Å²) in [5.74, 6) is 0.797. The molecule has 4 aromatic rings. The molecule has 1 amide bonds. The SMILES string of the molecule is CCc1ccc2[nH]c(=O)c([C@H](c3nnnn3C(C)(C)C)N3CCN(C(=O)c4ccco4)CC3)cc2c1. The van der Waals surface area contributed by atoms with Crippen LogP contribution in [0.25, 0.3) is 10.9 Å². The highest BCUT2D eigenvalue weighted by molar-refractivity contribution is 5.91. The highest BCUT2D eigenvalue weighted by Gasteiger charge is 2.36. The quantitative estimate of drug-likeness (QED) is 0.458. The Morgan fingerprint density at radius 1 is 1.14 bits per heavy atom. The molecule has 5 rings (SSSR count). The van der Waals surface area contributed by atoms with Crippen LogP contribution in [0.3, 0.4) is 0 Å². The molecule has 1 fully saturated rings. The van der Waals surface area contributed by atoms with Crippen LogP contribution >= 0.6 is 0 Å². The molecule has 1 N–H and O–H groups in total. The lowest BCUT2D eigenvalue weighted by Gasteiger charge is -2.39. The number of hydrogen-bond donors (Lipinski definition) is 1. The molecule has 1 aliphatic heterocycles. The predicted octanol–water partition coefficient (Wildman–Crippen LogP) is 2.97. The number of furan rings is 1. The van der Waals surface area contributed by atoms with E-state index in [0.717, 1.165) is 17.3 Å². The van der Waals surface area contributed by atoms with E-state index in [1.165, 1.54) is 11.8 Å². The van der Waals surface area contributed by atoms with Gasteiger partial charge in [0.2, 0.25) is 0 Å². The summed E-state index contributed by atoms with van der Waals surface area (Å²) in [6.45, 7) is 10.3. The Morgan fingerprint density at radius 3 is 2.58 bits per heavy atom. The average molecular weight is 490 g/mol. The van der Waals surface area contributed by atoms with Crippen LogP contribution in [0.2, 0.25) is 0 Å². The molecule has 10 nitrogen and oxygen atoms in total. The number of fused-ring (bicyclic) bond motifs is 1. The summed E-state index contributed by atoms with van der Waals surface area (Å²) in [5.41, 5.74) is 2.02. The van der Waals surface area contributed by atoms with Gasteiger partial charge in [-0.3, -0.25) is 14.5 Å². The van der Waals surface area contributed by atoms with Crippen LogP contribution in [0.1, 0.15) is 61.2 Å². The lowest BCUT2D eigenvalue weighted by atomic mass is 10.00. The fourth-order valence-electron chi connectivity index (χ4n) is 4.78. The molecular weight excluding hydrogens is 458 g/mol. The minimum Gasteiger partial charge on any atom is -0.459 e. The van der Waals surface area contributed by atoms with Crippen molar-refractivity contribution in [3.63, 3.8) is 0 Å². The van der Waals surface area contributed by atoms with E-state index in [1.807, 2.05) is 39.0 Å². The van der Waals surface area contributed by atoms with Crippen LogP contribution < -0.4 is 5.56 Å². The minimum absolute atomic E-state index is 0.133. The molecule has 0 unspecified atom stereocenters. The van der Waals surface area contributed by atoms with Crippen molar-refractivity contribution in [2.24, 2.45) is 0 Å². The summed E-state index contributed by atoms with van der Waals surface area (Å²) >= 11 is 0. The minimum atomic E-state index is -0.474. The highest BCUT2D eigenvalue weighted by Crippen LogP contribution is 2.30. The van der Waals surface area contributed by atoms with Crippen LogP contribution in [0.4, 0.5) is 0 Å². The van der Waals surface area contributed by atoms with E-state index < -0.39 is 6.04 Å². The molecule has 3 aromatic heterocycles. The number of pyridine rings is 1. The molecule has 1 aliphatic rings. The fourth-order valence-corrected chi connectivity index (χ4v) is 4.78. The number of aromatic nitrogens is 5. The second-order valence-corrected chi connectivity index (χ2v) is 10.2. The highest BCUT2D eigenvalue weighted by atomic mass is 16.3. The van der Waals surface area contributed by atoms with Crippen LogP contribution in [0, 0.1) is 0 Å². The van der Waals surface area contributed by atoms with Crippen molar-refractivity contribution in [1.82, 2.24) is 35.0 Å². The summed E-state index contributed by atoms with van der Waals surface area (Å²) in [6.07, 6.45) is 2.41. The van der Waals surface area contributed by atoms with E-state index in [2.05, 4.69) is 38.4 Å².